The van der Waals surface area contributed by atoms with Crippen LogP contribution in [0.5, 0.6) is 0 Å². The van der Waals surface area contributed by atoms with Crippen molar-refractivity contribution in [3.63, 3.8) is 0 Å². The van der Waals surface area contributed by atoms with E-state index in [9.17, 15) is 4.79 Å². The molecule has 106 valence electrons. The van der Waals surface area contributed by atoms with E-state index >= 15 is 0 Å². The van der Waals surface area contributed by atoms with Gasteiger partial charge in [0.15, 0.2) is 0 Å². The highest BCUT2D eigenvalue weighted by molar-refractivity contribution is 14.1. The van der Waals surface area contributed by atoms with E-state index in [0.29, 0.717) is 15.3 Å². The van der Waals surface area contributed by atoms with Crippen LogP contribution in [0, 0.1) is 23.3 Å². The summed E-state index contributed by atoms with van der Waals surface area (Å²) in [5.74, 6) is 1.14. The van der Waals surface area contributed by atoms with Gasteiger partial charge in [-0.15, -0.1) is 0 Å². The number of aromatic nitrogens is 2. The molecular weight excluding hydrogens is 363 g/mol. The first kappa shape index (κ1) is 15.2. The summed E-state index contributed by atoms with van der Waals surface area (Å²) < 4.78 is 0.699. The Balaban J connectivity index is 2.57. The maximum Gasteiger partial charge on any atom is 0.264 e. The first-order chi connectivity index (χ1) is 9.36. The highest BCUT2D eigenvalue weighted by Gasteiger charge is 2.12. The van der Waals surface area contributed by atoms with Gasteiger partial charge in [-0.25, -0.2) is 4.98 Å². The number of hydrogen-bond acceptors (Lipinski definition) is 2. The van der Waals surface area contributed by atoms with Gasteiger partial charge in [0, 0.05) is 5.56 Å². The number of H-pyrrole nitrogens is 1. The largest absolute Gasteiger partial charge is 0.306 e. The maximum atomic E-state index is 12.1. The Hall–Kier alpha value is -1.17. The molecule has 0 aliphatic rings. The fourth-order valence-corrected chi connectivity index (χ4v) is 2.75. The van der Waals surface area contributed by atoms with E-state index in [1.165, 1.54) is 11.1 Å². The number of hydrogen-bond donors (Lipinski definition) is 1. The molecule has 1 heterocycles. The zero-order chi connectivity index (χ0) is 14.9. The van der Waals surface area contributed by atoms with E-state index < -0.39 is 0 Å². The van der Waals surface area contributed by atoms with Gasteiger partial charge in [-0.1, -0.05) is 31.0 Å². The molecule has 0 bridgehead atoms. The normalized spacial score (nSPS) is 11.1. The minimum Gasteiger partial charge on any atom is -0.306 e. The number of benzene rings is 1. The molecule has 1 N–H and O–H groups in total. The Morgan fingerprint density at radius 3 is 2.35 bits per heavy atom. The van der Waals surface area contributed by atoms with Crippen LogP contribution in [0.15, 0.2) is 23.0 Å². The average Bonchev–Trinajstić information content (AvgIpc) is 2.32. The Morgan fingerprint density at radius 2 is 1.80 bits per heavy atom. The van der Waals surface area contributed by atoms with Crippen molar-refractivity contribution in [3.8, 4) is 11.4 Å². The highest BCUT2D eigenvalue weighted by atomic mass is 127. The Morgan fingerprint density at radius 1 is 1.20 bits per heavy atom. The zero-order valence-corrected chi connectivity index (χ0v) is 14.4. The standard InChI is InChI=1S/C16H19IN2O/c1-9(2)5-13-14(17)16(20)19-15(18-13)12-7-10(3)6-11(4)8-12/h6-9H,5H2,1-4H3,(H,18,19,20). The third kappa shape index (κ3) is 3.48. The van der Waals surface area contributed by atoms with Crippen LogP contribution in [0.1, 0.15) is 30.7 Å². The van der Waals surface area contributed by atoms with E-state index in [4.69, 9.17) is 0 Å². The lowest BCUT2D eigenvalue weighted by atomic mass is 10.1. The quantitative estimate of drug-likeness (QED) is 0.820. The smallest absolute Gasteiger partial charge is 0.264 e. The third-order valence-corrected chi connectivity index (χ3v) is 4.14. The summed E-state index contributed by atoms with van der Waals surface area (Å²) in [7, 11) is 0. The van der Waals surface area contributed by atoms with E-state index in [1.807, 2.05) is 0 Å². The summed E-state index contributed by atoms with van der Waals surface area (Å²) in [6.07, 6.45) is 0.819. The van der Waals surface area contributed by atoms with Crippen LogP contribution < -0.4 is 5.56 Å². The summed E-state index contributed by atoms with van der Waals surface area (Å²) in [5, 5.41) is 0. The van der Waals surface area contributed by atoms with E-state index in [-0.39, 0.29) is 5.56 Å². The van der Waals surface area contributed by atoms with E-state index in [0.717, 1.165) is 17.7 Å². The summed E-state index contributed by atoms with van der Waals surface area (Å²) in [4.78, 5) is 19.6. The van der Waals surface area contributed by atoms with E-state index in [1.54, 1.807) is 0 Å². The SMILES string of the molecule is Cc1cc(C)cc(-c2nc(CC(C)C)c(I)c(=O)[nH]2)c1. The van der Waals surface area contributed by atoms with Gasteiger partial charge in [-0.05, 0) is 60.9 Å². The second kappa shape index (κ2) is 6.08. The van der Waals surface area contributed by atoms with Gasteiger partial charge in [0.2, 0.25) is 0 Å². The number of nitrogens with one attached hydrogen (secondary N) is 1. The number of halogens is 1. The summed E-state index contributed by atoms with van der Waals surface area (Å²) in [6, 6.07) is 6.22. The molecule has 0 fully saturated rings. The lowest BCUT2D eigenvalue weighted by Crippen LogP contribution is -2.17. The average molecular weight is 382 g/mol. The fraction of sp³-hybridized carbons (Fsp3) is 0.375. The molecule has 4 heteroatoms. The van der Waals surface area contributed by atoms with Crippen molar-refractivity contribution in [2.75, 3.05) is 0 Å². The van der Waals surface area contributed by atoms with Gasteiger partial charge in [-0.2, -0.15) is 0 Å². The zero-order valence-electron chi connectivity index (χ0n) is 12.2. The minimum absolute atomic E-state index is 0.0505. The van der Waals surface area contributed by atoms with Crippen LogP contribution in [-0.2, 0) is 6.42 Å². The highest BCUT2D eigenvalue weighted by Crippen LogP contribution is 2.20. The Kier molecular flexibility index (Phi) is 4.62. The monoisotopic (exact) mass is 382 g/mol. The van der Waals surface area contributed by atoms with Gasteiger partial charge in [-0.3, -0.25) is 4.79 Å². The van der Waals surface area contributed by atoms with Crippen molar-refractivity contribution in [2.24, 2.45) is 5.92 Å². The van der Waals surface area contributed by atoms with Gasteiger partial charge in [0.25, 0.3) is 5.56 Å². The lowest BCUT2D eigenvalue weighted by Gasteiger charge is -2.10. The summed E-state index contributed by atoms with van der Waals surface area (Å²) in [6.45, 7) is 8.37. The first-order valence-corrected chi connectivity index (χ1v) is 7.82. The van der Waals surface area contributed by atoms with Crippen LogP contribution in [-0.4, -0.2) is 9.97 Å². The molecule has 1 aromatic carbocycles. The van der Waals surface area contributed by atoms with E-state index in [2.05, 4.69) is 78.5 Å². The number of aryl methyl sites for hydroxylation is 2. The lowest BCUT2D eigenvalue weighted by molar-refractivity contribution is 0.631. The number of aromatic amines is 1. The number of nitrogens with zero attached hydrogens (tertiary/aromatic N) is 1. The van der Waals surface area contributed by atoms with Crippen LogP contribution in [0.2, 0.25) is 0 Å². The molecular formula is C16H19IN2O. The Labute approximate surface area is 133 Å². The van der Waals surface area contributed by atoms with Crippen molar-refractivity contribution >= 4 is 22.6 Å². The predicted molar refractivity (Wildman–Crippen MR) is 91.0 cm³/mol. The van der Waals surface area contributed by atoms with Crippen LogP contribution in [0.25, 0.3) is 11.4 Å². The van der Waals surface area contributed by atoms with Gasteiger partial charge >= 0.3 is 0 Å². The third-order valence-electron chi connectivity index (χ3n) is 3.03. The molecule has 2 rings (SSSR count). The molecule has 0 aliphatic carbocycles. The van der Waals surface area contributed by atoms with Crippen LogP contribution in [0.4, 0.5) is 0 Å². The van der Waals surface area contributed by atoms with Crippen LogP contribution in [0.3, 0.4) is 0 Å². The van der Waals surface area contributed by atoms with Gasteiger partial charge in [0.05, 0.1) is 9.26 Å². The van der Waals surface area contributed by atoms with Crippen molar-refractivity contribution in [1.29, 1.82) is 0 Å². The van der Waals surface area contributed by atoms with Crippen molar-refractivity contribution in [1.82, 2.24) is 9.97 Å². The predicted octanol–water partition coefficient (Wildman–Crippen LogP) is 3.86. The summed E-state index contributed by atoms with van der Waals surface area (Å²) in [5.41, 5.74) is 4.16. The summed E-state index contributed by atoms with van der Waals surface area (Å²) >= 11 is 2.08. The van der Waals surface area contributed by atoms with Crippen molar-refractivity contribution in [2.45, 2.75) is 34.1 Å². The van der Waals surface area contributed by atoms with Gasteiger partial charge in [0.1, 0.15) is 5.82 Å². The van der Waals surface area contributed by atoms with Crippen molar-refractivity contribution in [3.05, 3.63) is 48.9 Å². The topological polar surface area (TPSA) is 45.8 Å². The maximum absolute atomic E-state index is 12.1. The van der Waals surface area contributed by atoms with Crippen molar-refractivity contribution < 1.29 is 0 Å². The Bertz CT molecular complexity index is 669. The second-order valence-electron chi connectivity index (χ2n) is 5.65. The molecule has 0 amide bonds. The molecule has 0 aliphatic heterocycles. The minimum atomic E-state index is -0.0505. The molecule has 0 spiro atoms. The first-order valence-electron chi connectivity index (χ1n) is 6.74. The van der Waals surface area contributed by atoms with Gasteiger partial charge < -0.3 is 4.98 Å². The number of rotatable bonds is 3. The molecule has 2 aromatic rings. The molecule has 0 saturated carbocycles. The molecule has 0 atom stereocenters. The fourth-order valence-electron chi connectivity index (χ4n) is 2.28. The second-order valence-corrected chi connectivity index (χ2v) is 6.73. The molecule has 0 saturated heterocycles. The molecule has 20 heavy (non-hydrogen) atoms. The molecule has 1 aromatic heterocycles. The molecule has 0 unspecified atom stereocenters. The molecule has 0 radical (unpaired) electrons. The molecule has 3 nitrogen and oxygen atoms in total. The van der Waals surface area contributed by atoms with Crippen LogP contribution >= 0.6 is 22.6 Å².